The van der Waals surface area contributed by atoms with E-state index < -0.39 is 12.0 Å². The Bertz CT molecular complexity index is 837. The number of rotatable bonds is 6. The van der Waals surface area contributed by atoms with Gasteiger partial charge in [-0.05, 0) is 37.3 Å². The van der Waals surface area contributed by atoms with Crippen LogP contribution in [0, 0.1) is 5.92 Å². The topological polar surface area (TPSA) is 111 Å². The van der Waals surface area contributed by atoms with E-state index >= 15 is 0 Å². The minimum Gasteiger partial charge on any atom is -0.481 e. The summed E-state index contributed by atoms with van der Waals surface area (Å²) in [6, 6.07) is 7.11. The number of para-hydroxylation sites is 1. The van der Waals surface area contributed by atoms with Gasteiger partial charge in [-0.2, -0.15) is 0 Å². The molecule has 3 rings (SSSR count). The number of carbonyl (C=O) groups excluding carboxylic acids is 2. The predicted octanol–water partition coefficient (Wildman–Crippen LogP) is 1.97. The number of aliphatic carboxylic acids is 1. The van der Waals surface area contributed by atoms with Gasteiger partial charge in [0.05, 0.1) is 5.92 Å². The average molecular weight is 371 g/mol. The zero-order chi connectivity index (χ0) is 19.4. The molecule has 1 aromatic carbocycles. The maximum atomic E-state index is 12.8. The number of benzene rings is 1. The van der Waals surface area contributed by atoms with Crippen LogP contribution in [0.1, 0.15) is 38.2 Å². The Labute approximate surface area is 157 Å². The highest BCUT2D eigenvalue weighted by atomic mass is 16.4. The number of aromatic nitrogens is 1. The van der Waals surface area contributed by atoms with E-state index in [2.05, 4.69) is 15.6 Å². The Balaban J connectivity index is 1.66. The summed E-state index contributed by atoms with van der Waals surface area (Å²) in [5.74, 6) is -1.58. The molecular weight excluding hydrogens is 346 g/mol. The molecule has 0 bridgehead atoms. The van der Waals surface area contributed by atoms with Crippen molar-refractivity contribution in [1.82, 2.24) is 15.6 Å². The third-order valence-electron chi connectivity index (χ3n) is 5.22. The first-order chi connectivity index (χ1) is 12.9. The fourth-order valence-electron chi connectivity index (χ4n) is 3.76. The molecular formula is C20H25N3O4. The van der Waals surface area contributed by atoms with Gasteiger partial charge in [-0.25, -0.2) is 0 Å². The first-order valence-corrected chi connectivity index (χ1v) is 9.29. The minimum atomic E-state index is -0.768. The number of carboxylic acid groups (broad SMARTS) is 1. The second kappa shape index (κ2) is 8.24. The van der Waals surface area contributed by atoms with Crippen molar-refractivity contribution in [2.75, 3.05) is 0 Å². The molecule has 1 unspecified atom stereocenters. The summed E-state index contributed by atoms with van der Waals surface area (Å²) in [4.78, 5) is 38.6. The monoisotopic (exact) mass is 371 g/mol. The van der Waals surface area contributed by atoms with Crippen molar-refractivity contribution in [3.63, 3.8) is 0 Å². The zero-order valence-corrected chi connectivity index (χ0v) is 15.3. The second-order valence-corrected chi connectivity index (χ2v) is 7.21. The molecule has 0 aliphatic heterocycles. The van der Waals surface area contributed by atoms with E-state index in [1.807, 2.05) is 30.5 Å². The lowest BCUT2D eigenvalue weighted by molar-refractivity contribution is -0.143. The number of aromatic amines is 1. The number of carbonyl (C=O) groups is 3. The van der Waals surface area contributed by atoms with E-state index in [1.54, 1.807) is 0 Å². The van der Waals surface area contributed by atoms with Crippen LogP contribution in [0.2, 0.25) is 0 Å². The summed E-state index contributed by atoms with van der Waals surface area (Å²) >= 11 is 0. The highest BCUT2D eigenvalue weighted by molar-refractivity contribution is 5.89. The van der Waals surface area contributed by atoms with Crippen LogP contribution >= 0.6 is 0 Å². The first-order valence-electron chi connectivity index (χ1n) is 9.29. The molecule has 1 fully saturated rings. The molecule has 2 aromatic rings. The lowest BCUT2D eigenvalue weighted by Crippen LogP contribution is -2.51. The van der Waals surface area contributed by atoms with Gasteiger partial charge in [0.2, 0.25) is 11.8 Å². The quantitative estimate of drug-likeness (QED) is 0.622. The summed E-state index contributed by atoms with van der Waals surface area (Å²) in [6.07, 6.45) is 4.66. The molecule has 1 aliphatic rings. The van der Waals surface area contributed by atoms with Gasteiger partial charge in [0.25, 0.3) is 0 Å². The van der Waals surface area contributed by atoms with Crippen LogP contribution in [0.5, 0.6) is 0 Å². The summed E-state index contributed by atoms with van der Waals surface area (Å²) in [6.45, 7) is 1.40. The van der Waals surface area contributed by atoms with Crippen molar-refractivity contribution in [1.29, 1.82) is 0 Å². The van der Waals surface area contributed by atoms with Crippen LogP contribution < -0.4 is 10.6 Å². The Morgan fingerprint density at radius 1 is 1.19 bits per heavy atom. The Morgan fingerprint density at radius 2 is 1.89 bits per heavy atom. The molecule has 27 heavy (non-hydrogen) atoms. The highest BCUT2D eigenvalue weighted by Gasteiger charge is 2.29. The number of fused-ring (bicyclic) bond motifs is 1. The number of hydrogen-bond acceptors (Lipinski definition) is 3. The third kappa shape index (κ3) is 4.67. The van der Waals surface area contributed by atoms with Gasteiger partial charge in [-0.3, -0.25) is 14.4 Å². The predicted molar refractivity (Wildman–Crippen MR) is 101 cm³/mol. The smallest absolute Gasteiger partial charge is 0.306 e. The van der Waals surface area contributed by atoms with Gasteiger partial charge in [0.1, 0.15) is 6.04 Å². The zero-order valence-electron chi connectivity index (χ0n) is 15.3. The summed E-state index contributed by atoms with van der Waals surface area (Å²) in [5, 5.41) is 15.8. The average Bonchev–Trinajstić information content (AvgIpc) is 3.04. The minimum absolute atomic E-state index is 0.0488. The molecule has 1 aliphatic carbocycles. The molecule has 0 radical (unpaired) electrons. The van der Waals surface area contributed by atoms with Gasteiger partial charge in [-0.1, -0.05) is 18.2 Å². The van der Waals surface area contributed by atoms with Crippen LogP contribution in [-0.2, 0) is 20.8 Å². The lowest BCUT2D eigenvalue weighted by Gasteiger charge is -2.28. The molecule has 1 atom stereocenters. The Hall–Kier alpha value is -2.83. The molecule has 144 valence electrons. The van der Waals surface area contributed by atoms with Crippen molar-refractivity contribution in [2.45, 2.75) is 51.1 Å². The Kier molecular flexibility index (Phi) is 5.78. The number of amides is 2. The number of hydrogen-bond donors (Lipinski definition) is 4. The van der Waals surface area contributed by atoms with Crippen molar-refractivity contribution in [2.24, 2.45) is 5.92 Å². The van der Waals surface area contributed by atoms with Crippen molar-refractivity contribution >= 4 is 28.7 Å². The number of H-pyrrole nitrogens is 1. The van der Waals surface area contributed by atoms with Gasteiger partial charge < -0.3 is 20.7 Å². The summed E-state index contributed by atoms with van der Waals surface area (Å²) in [7, 11) is 0. The molecule has 4 N–H and O–H groups in total. The van der Waals surface area contributed by atoms with Gasteiger partial charge >= 0.3 is 5.97 Å². The number of carboxylic acids is 1. The van der Waals surface area contributed by atoms with Crippen molar-refractivity contribution in [3.05, 3.63) is 36.0 Å². The largest absolute Gasteiger partial charge is 0.481 e. The van der Waals surface area contributed by atoms with Crippen LogP contribution in [0.15, 0.2) is 30.5 Å². The molecule has 1 heterocycles. The molecule has 1 aromatic heterocycles. The molecule has 7 nitrogen and oxygen atoms in total. The van der Waals surface area contributed by atoms with Crippen LogP contribution in [-0.4, -0.2) is 40.0 Å². The standard InChI is InChI=1S/C20H25N3O4/c1-12(24)22-18(10-14-11-21-17-5-3-2-4-16(14)17)19(25)23-15-8-6-13(7-9-15)20(26)27/h2-5,11,13,15,18,21H,6-10H2,1H3,(H,22,24)(H,23,25)(H,26,27). The molecule has 2 amide bonds. The normalized spacial score (nSPS) is 20.8. The second-order valence-electron chi connectivity index (χ2n) is 7.21. The third-order valence-corrected chi connectivity index (χ3v) is 5.22. The van der Waals surface area contributed by atoms with E-state index in [9.17, 15) is 14.4 Å². The van der Waals surface area contributed by atoms with Gasteiger partial charge in [0.15, 0.2) is 0 Å². The van der Waals surface area contributed by atoms with Gasteiger partial charge in [-0.15, -0.1) is 0 Å². The van der Waals surface area contributed by atoms with Crippen LogP contribution in [0.3, 0.4) is 0 Å². The van der Waals surface area contributed by atoms with E-state index in [1.165, 1.54) is 6.92 Å². The molecule has 7 heteroatoms. The summed E-state index contributed by atoms with van der Waals surface area (Å²) < 4.78 is 0. The number of nitrogens with one attached hydrogen (secondary N) is 3. The van der Waals surface area contributed by atoms with Crippen molar-refractivity contribution < 1.29 is 19.5 Å². The molecule has 1 saturated carbocycles. The molecule has 0 saturated heterocycles. The first kappa shape index (κ1) is 18.9. The lowest BCUT2D eigenvalue weighted by atomic mass is 9.86. The fourth-order valence-corrected chi connectivity index (χ4v) is 3.76. The van der Waals surface area contributed by atoms with E-state index in [0.29, 0.717) is 32.1 Å². The van der Waals surface area contributed by atoms with E-state index in [4.69, 9.17) is 5.11 Å². The highest BCUT2D eigenvalue weighted by Crippen LogP contribution is 2.25. The summed E-state index contributed by atoms with van der Waals surface area (Å²) in [5.41, 5.74) is 1.95. The van der Waals surface area contributed by atoms with Crippen LogP contribution in [0.4, 0.5) is 0 Å². The van der Waals surface area contributed by atoms with Gasteiger partial charge in [0, 0.05) is 36.5 Å². The fraction of sp³-hybridized carbons (Fsp3) is 0.450. The Morgan fingerprint density at radius 3 is 2.56 bits per heavy atom. The van der Waals surface area contributed by atoms with Crippen LogP contribution in [0.25, 0.3) is 10.9 Å². The maximum Gasteiger partial charge on any atom is 0.306 e. The van der Waals surface area contributed by atoms with E-state index in [-0.39, 0.29) is 23.8 Å². The van der Waals surface area contributed by atoms with Crippen molar-refractivity contribution in [3.8, 4) is 0 Å². The SMILES string of the molecule is CC(=O)NC(Cc1c[nH]c2ccccc12)C(=O)NC1CCC(C(=O)O)CC1. The maximum absolute atomic E-state index is 12.8. The molecule has 0 spiro atoms. The van der Waals surface area contributed by atoms with E-state index in [0.717, 1.165) is 16.5 Å².